The SMILES string of the molecule is COc1ccc(-n2cnc(-c3ccc(NC(=O)/N=C4\SCC(=O)N4c4cc(C)c(C)cc4COCC(F)(F)F)c(F)c3)n2)cc1. The molecule has 45 heavy (non-hydrogen) atoms. The average molecular weight is 643 g/mol. The standard InChI is InChI=1S/C30H26F4N6O4S/c1-17-10-20(13-44-15-30(32,33)34)25(11-18(17)2)40-26(41)14-45-29(40)37-28(42)36-24-9-4-19(12-23(24)31)27-35-16-39(38-27)21-5-7-22(43-3)8-6-21/h4-12,16H,13-15H2,1-3H3,(H,36,42)/b37-29-. The number of anilines is 2. The van der Waals surface area contributed by atoms with E-state index in [1.165, 1.54) is 29.2 Å². The minimum absolute atomic E-state index is 0.0110. The Morgan fingerprint density at radius 2 is 1.82 bits per heavy atom. The smallest absolute Gasteiger partial charge is 0.411 e. The quantitative estimate of drug-likeness (QED) is 0.220. The molecule has 1 fully saturated rings. The lowest BCUT2D eigenvalue weighted by molar-refractivity contribution is -0.176. The lowest BCUT2D eigenvalue weighted by Crippen LogP contribution is -2.31. The van der Waals surface area contributed by atoms with Crippen molar-refractivity contribution in [3.8, 4) is 22.8 Å². The van der Waals surface area contributed by atoms with Crippen LogP contribution >= 0.6 is 11.8 Å². The molecule has 1 saturated heterocycles. The average Bonchev–Trinajstić information content (AvgIpc) is 3.62. The van der Waals surface area contributed by atoms with Gasteiger partial charge in [0, 0.05) is 11.1 Å². The van der Waals surface area contributed by atoms with E-state index in [4.69, 9.17) is 9.47 Å². The first-order chi connectivity index (χ1) is 21.4. The number of aryl methyl sites for hydroxylation is 2. The number of halogens is 4. The Balaban J connectivity index is 1.32. The molecule has 0 radical (unpaired) electrons. The van der Waals surface area contributed by atoms with Crippen LogP contribution < -0.4 is 15.0 Å². The number of urea groups is 1. The molecule has 0 unspecified atom stereocenters. The number of carbonyl (C=O) groups excluding carboxylic acids is 2. The fourth-order valence-corrected chi connectivity index (χ4v) is 5.24. The Morgan fingerprint density at radius 3 is 2.51 bits per heavy atom. The van der Waals surface area contributed by atoms with Gasteiger partial charge < -0.3 is 14.8 Å². The van der Waals surface area contributed by atoms with Crippen molar-refractivity contribution in [1.82, 2.24) is 14.8 Å². The van der Waals surface area contributed by atoms with Gasteiger partial charge in [-0.2, -0.15) is 18.2 Å². The third-order valence-electron chi connectivity index (χ3n) is 6.72. The zero-order valence-corrected chi connectivity index (χ0v) is 25.0. The number of nitrogens with zero attached hydrogens (tertiary/aromatic N) is 5. The van der Waals surface area contributed by atoms with Crippen LogP contribution in [0.3, 0.4) is 0 Å². The van der Waals surface area contributed by atoms with Gasteiger partial charge in [-0.15, -0.1) is 5.10 Å². The lowest BCUT2D eigenvalue weighted by Gasteiger charge is -2.22. The Kier molecular flexibility index (Phi) is 9.20. The largest absolute Gasteiger partial charge is 0.497 e. The normalized spacial score (nSPS) is 14.3. The highest BCUT2D eigenvalue weighted by Crippen LogP contribution is 2.33. The summed E-state index contributed by atoms with van der Waals surface area (Å²) in [6.45, 7) is 1.67. The molecule has 5 rings (SSSR count). The summed E-state index contributed by atoms with van der Waals surface area (Å²) in [5.41, 5.74) is 3.02. The van der Waals surface area contributed by atoms with Crippen LogP contribution in [0.2, 0.25) is 0 Å². The van der Waals surface area contributed by atoms with Gasteiger partial charge in [0.2, 0.25) is 5.91 Å². The number of hydrogen-bond acceptors (Lipinski definition) is 7. The van der Waals surface area contributed by atoms with E-state index in [0.717, 1.165) is 33.5 Å². The Hall–Kier alpha value is -4.76. The highest BCUT2D eigenvalue weighted by Gasteiger charge is 2.33. The topological polar surface area (TPSA) is 111 Å². The molecule has 1 aliphatic rings. The predicted molar refractivity (Wildman–Crippen MR) is 161 cm³/mol. The Labute approximate surface area is 259 Å². The molecule has 10 nitrogen and oxygen atoms in total. The van der Waals surface area contributed by atoms with Gasteiger partial charge in [-0.1, -0.05) is 17.8 Å². The number of amides is 3. The van der Waals surface area contributed by atoms with E-state index in [1.54, 1.807) is 57.4 Å². The van der Waals surface area contributed by atoms with Crippen LogP contribution in [0.1, 0.15) is 16.7 Å². The monoisotopic (exact) mass is 642 g/mol. The molecular formula is C30H26F4N6O4S. The van der Waals surface area contributed by atoms with Crippen LogP contribution in [-0.4, -0.2) is 57.5 Å². The molecular weight excluding hydrogens is 616 g/mol. The molecule has 4 aromatic rings. The van der Waals surface area contributed by atoms with Gasteiger partial charge in [0.15, 0.2) is 11.0 Å². The number of ether oxygens (including phenoxy) is 2. The summed E-state index contributed by atoms with van der Waals surface area (Å²) in [7, 11) is 1.56. The van der Waals surface area contributed by atoms with E-state index in [1.807, 2.05) is 0 Å². The first-order valence-corrected chi connectivity index (χ1v) is 14.4. The third-order valence-corrected chi connectivity index (χ3v) is 7.64. The van der Waals surface area contributed by atoms with Crippen LogP contribution in [0.25, 0.3) is 17.1 Å². The summed E-state index contributed by atoms with van der Waals surface area (Å²) >= 11 is 0.971. The molecule has 0 spiro atoms. The minimum atomic E-state index is -4.52. The van der Waals surface area contributed by atoms with Gasteiger partial charge in [-0.25, -0.2) is 18.9 Å². The summed E-state index contributed by atoms with van der Waals surface area (Å²) in [6, 6.07) is 13.4. The molecule has 2 heterocycles. The van der Waals surface area contributed by atoms with E-state index in [0.29, 0.717) is 16.9 Å². The van der Waals surface area contributed by atoms with Crippen molar-refractivity contribution in [1.29, 1.82) is 0 Å². The van der Waals surface area contributed by atoms with Gasteiger partial charge in [-0.05, 0) is 73.5 Å². The fourth-order valence-electron chi connectivity index (χ4n) is 4.38. The Morgan fingerprint density at radius 1 is 1.09 bits per heavy atom. The minimum Gasteiger partial charge on any atom is -0.497 e. The summed E-state index contributed by atoms with van der Waals surface area (Å²) in [6.07, 6.45) is -3.04. The molecule has 15 heteroatoms. The van der Waals surface area contributed by atoms with E-state index in [-0.39, 0.29) is 28.1 Å². The molecule has 234 valence electrons. The molecule has 1 aromatic heterocycles. The first kappa shape index (κ1) is 31.7. The van der Waals surface area contributed by atoms with Gasteiger partial charge in [0.05, 0.1) is 36.5 Å². The number of benzene rings is 3. The highest BCUT2D eigenvalue weighted by molar-refractivity contribution is 8.15. The number of nitrogens with one attached hydrogen (secondary N) is 1. The number of hydrogen-bond donors (Lipinski definition) is 1. The van der Waals surface area contributed by atoms with E-state index in [9.17, 15) is 22.8 Å². The maximum absolute atomic E-state index is 15.1. The zero-order valence-electron chi connectivity index (χ0n) is 24.2. The van der Waals surface area contributed by atoms with E-state index in [2.05, 4.69) is 20.4 Å². The predicted octanol–water partition coefficient (Wildman–Crippen LogP) is 6.45. The van der Waals surface area contributed by atoms with Crippen molar-refractivity contribution in [2.45, 2.75) is 26.6 Å². The van der Waals surface area contributed by atoms with E-state index < -0.39 is 37.1 Å². The zero-order chi connectivity index (χ0) is 32.3. The maximum Gasteiger partial charge on any atom is 0.411 e. The molecule has 3 aromatic carbocycles. The highest BCUT2D eigenvalue weighted by atomic mass is 32.2. The second-order valence-electron chi connectivity index (χ2n) is 9.92. The molecule has 0 aliphatic carbocycles. The van der Waals surface area contributed by atoms with Crippen molar-refractivity contribution in [3.05, 3.63) is 83.4 Å². The molecule has 0 bridgehead atoms. The lowest BCUT2D eigenvalue weighted by atomic mass is 10.0. The van der Waals surface area contributed by atoms with Crippen LogP contribution in [0.15, 0.2) is 65.9 Å². The van der Waals surface area contributed by atoms with Crippen LogP contribution in [0, 0.1) is 19.7 Å². The number of thioether (sulfide) groups is 1. The maximum atomic E-state index is 15.1. The summed E-state index contributed by atoms with van der Waals surface area (Å²) < 4.78 is 64.6. The van der Waals surface area contributed by atoms with Gasteiger partial charge in [0.1, 0.15) is 24.5 Å². The van der Waals surface area contributed by atoms with Crippen LogP contribution in [0.4, 0.5) is 33.7 Å². The molecule has 1 N–H and O–H groups in total. The van der Waals surface area contributed by atoms with E-state index >= 15 is 4.39 Å². The summed E-state index contributed by atoms with van der Waals surface area (Å²) in [5.74, 6) is -0.320. The molecule has 0 atom stereocenters. The van der Waals surface area contributed by atoms with Crippen LogP contribution in [0.5, 0.6) is 5.75 Å². The molecule has 1 aliphatic heterocycles. The molecule has 3 amide bonds. The van der Waals surface area contributed by atoms with Crippen molar-refractivity contribution in [2.75, 3.05) is 29.7 Å². The van der Waals surface area contributed by atoms with Crippen molar-refractivity contribution in [3.63, 3.8) is 0 Å². The second-order valence-corrected chi connectivity index (χ2v) is 10.9. The number of rotatable bonds is 8. The second kappa shape index (κ2) is 13.1. The van der Waals surface area contributed by atoms with Gasteiger partial charge in [0.25, 0.3) is 0 Å². The number of alkyl halides is 3. The Bertz CT molecular complexity index is 1780. The van der Waals surface area contributed by atoms with Crippen molar-refractivity contribution >= 4 is 40.2 Å². The van der Waals surface area contributed by atoms with Crippen molar-refractivity contribution < 1.29 is 36.6 Å². The van der Waals surface area contributed by atoms with Crippen LogP contribution in [-0.2, 0) is 16.1 Å². The first-order valence-electron chi connectivity index (χ1n) is 13.4. The van der Waals surface area contributed by atoms with Gasteiger partial charge >= 0.3 is 12.2 Å². The third kappa shape index (κ3) is 7.49. The number of carbonyl (C=O) groups is 2. The number of aliphatic imine (C=N–C) groups is 1. The van der Waals surface area contributed by atoms with Gasteiger partial charge in [-0.3, -0.25) is 9.69 Å². The van der Waals surface area contributed by atoms with Crippen molar-refractivity contribution in [2.24, 2.45) is 4.99 Å². The summed E-state index contributed by atoms with van der Waals surface area (Å²) in [5, 5.41) is 6.74. The summed E-state index contributed by atoms with van der Waals surface area (Å²) in [4.78, 5) is 35.1. The number of methoxy groups -OCH3 is 1. The fraction of sp³-hybridized carbons (Fsp3) is 0.233. The molecule has 0 saturated carbocycles. The number of amidine groups is 1. The number of aromatic nitrogens is 3.